The topological polar surface area (TPSA) is 81.9 Å². The van der Waals surface area contributed by atoms with Crippen LogP contribution in [0, 0.1) is 11.7 Å². The van der Waals surface area contributed by atoms with Gasteiger partial charge in [0.15, 0.2) is 5.82 Å². The summed E-state index contributed by atoms with van der Waals surface area (Å²) in [7, 11) is 0. The zero-order chi connectivity index (χ0) is 17.1. The van der Waals surface area contributed by atoms with Crippen LogP contribution in [0.25, 0.3) is 11.4 Å². The number of hydrogen-bond donors (Lipinski definition) is 1. The maximum atomic E-state index is 14.5. The summed E-state index contributed by atoms with van der Waals surface area (Å²) >= 11 is 0. The third-order valence-electron chi connectivity index (χ3n) is 3.99. The van der Waals surface area contributed by atoms with Gasteiger partial charge in [0.25, 0.3) is 0 Å². The van der Waals surface area contributed by atoms with E-state index >= 15 is 0 Å². The van der Waals surface area contributed by atoms with E-state index in [1.54, 1.807) is 16.8 Å². The average Bonchev–Trinajstić information content (AvgIpc) is 3.05. The second-order valence-corrected chi connectivity index (χ2v) is 6.14. The number of anilines is 1. The van der Waals surface area contributed by atoms with Crippen LogP contribution in [0.4, 0.5) is 10.1 Å². The molecule has 0 unspecified atom stereocenters. The molecule has 1 N–H and O–H groups in total. The maximum Gasteiger partial charge on any atom is 0.229 e. The number of rotatable bonds is 4. The van der Waals surface area contributed by atoms with Crippen LogP contribution in [0.1, 0.15) is 32.7 Å². The van der Waals surface area contributed by atoms with Crippen molar-refractivity contribution in [1.29, 1.82) is 0 Å². The molecule has 2 aromatic rings. The highest BCUT2D eigenvalue weighted by Crippen LogP contribution is 2.25. The van der Waals surface area contributed by atoms with E-state index in [0.29, 0.717) is 30.3 Å². The van der Waals surface area contributed by atoms with Crippen molar-refractivity contribution >= 4 is 11.6 Å². The van der Waals surface area contributed by atoms with Crippen molar-refractivity contribution < 1.29 is 13.9 Å². The monoisotopic (exact) mass is 333 g/mol. The van der Waals surface area contributed by atoms with Crippen LogP contribution in [-0.2, 0) is 9.53 Å². The Morgan fingerprint density at radius 1 is 1.46 bits per heavy atom. The number of hydrogen-bond acceptors (Lipinski definition) is 5. The van der Waals surface area contributed by atoms with Crippen molar-refractivity contribution in [2.24, 2.45) is 5.92 Å². The van der Waals surface area contributed by atoms with E-state index < -0.39 is 5.82 Å². The van der Waals surface area contributed by atoms with E-state index in [9.17, 15) is 9.18 Å². The fraction of sp³-hybridized carbons (Fsp3) is 0.500. The molecule has 1 aliphatic rings. The van der Waals surface area contributed by atoms with Crippen LogP contribution in [0.15, 0.2) is 18.2 Å². The van der Waals surface area contributed by atoms with Gasteiger partial charge in [0.2, 0.25) is 5.91 Å². The van der Waals surface area contributed by atoms with Gasteiger partial charge in [-0.2, -0.15) is 0 Å². The molecule has 1 saturated heterocycles. The summed E-state index contributed by atoms with van der Waals surface area (Å²) in [5.74, 6) is -0.450. The third-order valence-corrected chi connectivity index (χ3v) is 3.99. The number of nitrogens with zero attached hydrogens (tertiary/aromatic N) is 4. The number of tetrazole rings is 1. The molecule has 0 spiro atoms. The molecule has 1 aliphatic heterocycles. The lowest BCUT2D eigenvalue weighted by molar-refractivity contribution is -0.123. The molecule has 1 atom stereocenters. The Morgan fingerprint density at radius 3 is 2.96 bits per heavy atom. The molecule has 3 rings (SSSR count). The highest BCUT2D eigenvalue weighted by Gasteiger charge is 2.22. The fourth-order valence-electron chi connectivity index (χ4n) is 2.68. The predicted octanol–water partition coefficient (Wildman–Crippen LogP) is 2.43. The second-order valence-electron chi connectivity index (χ2n) is 6.14. The van der Waals surface area contributed by atoms with Crippen LogP contribution < -0.4 is 5.32 Å². The minimum atomic E-state index is -0.482. The predicted molar refractivity (Wildman–Crippen MR) is 85.8 cm³/mol. The molecule has 1 amide bonds. The Balaban J connectivity index is 1.77. The average molecular weight is 333 g/mol. The first-order valence-electron chi connectivity index (χ1n) is 8.02. The highest BCUT2D eigenvalue weighted by atomic mass is 19.1. The van der Waals surface area contributed by atoms with Gasteiger partial charge in [-0.25, -0.2) is 9.07 Å². The maximum absolute atomic E-state index is 14.5. The molecule has 0 bridgehead atoms. The zero-order valence-electron chi connectivity index (χ0n) is 13.7. The van der Waals surface area contributed by atoms with Gasteiger partial charge in [0.1, 0.15) is 5.82 Å². The number of benzene rings is 1. The van der Waals surface area contributed by atoms with Gasteiger partial charge in [-0.05, 0) is 55.3 Å². The van der Waals surface area contributed by atoms with Crippen LogP contribution in [-0.4, -0.2) is 39.3 Å². The lowest BCUT2D eigenvalue weighted by Crippen LogP contribution is -2.30. The largest absolute Gasteiger partial charge is 0.381 e. The van der Waals surface area contributed by atoms with Gasteiger partial charge < -0.3 is 10.1 Å². The van der Waals surface area contributed by atoms with Crippen molar-refractivity contribution in [3.8, 4) is 11.4 Å². The summed E-state index contributed by atoms with van der Waals surface area (Å²) in [6.07, 6.45) is 1.65. The van der Waals surface area contributed by atoms with E-state index in [2.05, 4.69) is 20.8 Å². The summed E-state index contributed by atoms with van der Waals surface area (Å²) < 4.78 is 21.3. The number of amides is 1. The minimum Gasteiger partial charge on any atom is -0.381 e. The van der Waals surface area contributed by atoms with Crippen LogP contribution in [0.2, 0.25) is 0 Å². The Hall–Kier alpha value is -2.35. The first-order chi connectivity index (χ1) is 11.6. The van der Waals surface area contributed by atoms with E-state index in [4.69, 9.17) is 4.74 Å². The first-order valence-corrected chi connectivity index (χ1v) is 8.02. The van der Waals surface area contributed by atoms with E-state index in [1.807, 2.05) is 13.8 Å². The molecule has 128 valence electrons. The van der Waals surface area contributed by atoms with Gasteiger partial charge in [0.05, 0.1) is 24.1 Å². The fourth-order valence-corrected chi connectivity index (χ4v) is 2.68. The number of halogens is 1. The lowest BCUT2D eigenvalue weighted by Gasteiger charge is -2.21. The molecule has 2 heterocycles. The Morgan fingerprint density at radius 2 is 2.29 bits per heavy atom. The Labute approximate surface area is 139 Å². The van der Waals surface area contributed by atoms with Crippen molar-refractivity contribution in [3.05, 3.63) is 24.0 Å². The van der Waals surface area contributed by atoms with Crippen molar-refractivity contribution in [2.75, 3.05) is 18.5 Å². The molecule has 1 aromatic carbocycles. The zero-order valence-corrected chi connectivity index (χ0v) is 13.7. The number of nitrogens with one attached hydrogen (secondary N) is 1. The van der Waals surface area contributed by atoms with Gasteiger partial charge in [-0.15, -0.1) is 5.10 Å². The third kappa shape index (κ3) is 3.43. The molecule has 8 heteroatoms. The molecule has 1 aromatic heterocycles. The van der Waals surface area contributed by atoms with Crippen LogP contribution in [0.5, 0.6) is 0 Å². The van der Waals surface area contributed by atoms with E-state index in [0.717, 1.165) is 12.8 Å². The van der Waals surface area contributed by atoms with Crippen molar-refractivity contribution in [1.82, 2.24) is 20.2 Å². The number of ether oxygens (including phenoxy) is 1. The van der Waals surface area contributed by atoms with E-state index in [1.165, 1.54) is 6.07 Å². The lowest BCUT2D eigenvalue weighted by atomic mass is 10.0. The normalized spacial score (nSPS) is 17.9. The van der Waals surface area contributed by atoms with E-state index in [-0.39, 0.29) is 17.9 Å². The molecule has 24 heavy (non-hydrogen) atoms. The van der Waals surface area contributed by atoms with Crippen LogP contribution >= 0.6 is 0 Å². The van der Waals surface area contributed by atoms with Gasteiger partial charge >= 0.3 is 0 Å². The molecule has 0 radical (unpaired) electrons. The summed E-state index contributed by atoms with van der Waals surface area (Å²) in [6, 6.07) is 4.53. The second kappa shape index (κ2) is 7.04. The molecule has 0 saturated carbocycles. The standard InChI is InChI=1S/C16H20FN5O2/c1-10(2)22-15(19-20-21-22)13-6-5-12(8-14(13)17)18-16(23)11-4-3-7-24-9-11/h5-6,8,10-11H,3-4,7,9H2,1-2H3,(H,18,23)/t11-/m1/s1. The van der Waals surface area contributed by atoms with Gasteiger partial charge in [-0.3, -0.25) is 4.79 Å². The van der Waals surface area contributed by atoms with Crippen LogP contribution in [0.3, 0.4) is 0 Å². The first kappa shape index (κ1) is 16.5. The summed E-state index contributed by atoms with van der Waals surface area (Å²) in [6.45, 7) is 4.93. The highest BCUT2D eigenvalue weighted by molar-refractivity contribution is 5.92. The Bertz CT molecular complexity index is 725. The van der Waals surface area contributed by atoms with Crippen molar-refractivity contribution in [3.63, 3.8) is 0 Å². The number of aromatic nitrogens is 4. The summed E-state index contributed by atoms with van der Waals surface area (Å²) in [5, 5.41) is 14.1. The molecular weight excluding hydrogens is 313 g/mol. The molecule has 7 nitrogen and oxygen atoms in total. The minimum absolute atomic E-state index is 0.0140. The number of carbonyl (C=O) groups is 1. The summed E-state index contributed by atoms with van der Waals surface area (Å²) in [5.41, 5.74) is 0.711. The smallest absolute Gasteiger partial charge is 0.229 e. The Kier molecular flexibility index (Phi) is 4.84. The van der Waals surface area contributed by atoms with Gasteiger partial charge in [0, 0.05) is 12.3 Å². The SMILES string of the molecule is CC(C)n1nnnc1-c1ccc(NC(=O)[C@@H]2CCCOC2)cc1F. The number of carbonyl (C=O) groups excluding carboxylic acids is 1. The molecule has 0 aliphatic carbocycles. The van der Waals surface area contributed by atoms with Crippen molar-refractivity contribution in [2.45, 2.75) is 32.7 Å². The van der Waals surface area contributed by atoms with Gasteiger partial charge in [-0.1, -0.05) is 0 Å². The quantitative estimate of drug-likeness (QED) is 0.929. The molecular formula is C16H20FN5O2. The summed E-state index contributed by atoms with van der Waals surface area (Å²) in [4.78, 5) is 12.2. The molecule has 1 fully saturated rings.